The third kappa shape index (κ3) is 2.04. The zero-order chi connectivity index (χ0) is 14.2. The Kier molecular flexibility index (Phi) is 3.15. The number of halogens is 1. The summed E-state index contributed by atoms with van der Waals surface area (Å²) in [6.07, 6.45) is 0. The highest BCUT2D eigenvalue weighted by molar-refractivity contribution is 14.1. The lowest BCUT2D eigenvalue weighted by molar-refractivity contribution is 1.64. The maximum atomic E-state index is 2.49. The third-order valence-electron chi connectivity index (χ3n) is 3.93. The largest absolute Gasteiger partial charge is 0.0622 e. The summed E-state index contributed by atoms with van der Waals surface area (Å²) in [5, 5.41) is 5.31. The van der Waals surface area contributed by atoms with Crippen LogP contribution >= 0.6 is 22.6 Å². The SMILES string of the molecule is Ic1c(-c2ccccc2)c2ccccc2c2ccccc12. The van der Waals surface area contributed by atoms with Gasteiger partial charge in [0.1, 0.15) is 0 Å². The first-order chi connectivity index (χ1) is 10.4. The van der Waals surface area contributed by atoms with Gasteiger partial charge in [-0.15, -0.1) is 0 Å². The third-order valence-corrected chi connectivity index (χ3v) is 5.05. The zero-order valence-corrected chi connectivity index (χ0v) is 13.5. The van der Waals surface area contributed by atoms with Crippen LogP contribution in [-0.2, 0) is 0 Å². The molecule has 4 aromatic rings. The molecule has 1 heteroatoms. The highest BCUT2D eigenvalue weighted by Crippen LogP contribution is 2.39. The summed E-state index contributed by atoms with van der Waals surface area (Å²) in [4.78, 5) is 0. The Balaban J connectivity index is 2.26. The molecule has 0 aromatic heterocycles. The van der Waals surface area contributed by atoms with Gasteiger partial charge in [0.15, 0.2) is 0 Å². The first kappa shape index (κ1) is 12.8. The first-order valence-corrected chi connectivity index (χ1v) is 8.08. The number of hydrogen-bond acceptors (Lipinski definition) is 0. The minimum Gasteiger partial charge on any atom is -0.0622 e. The fourth-order valence-corrected chi connectivity index (χ4v) is 4.06. The van der Waals surface area contributed by atoms with Gasteiger partial charge in [0.05, 0.1) is 0 Å². The van der Waals surface area contributed by atoms with E-state index in [0.717, 1.165) is 0 Å². The minimum atomic E-state index is 1.28. The molecule has 0 saturated carbocycles. The van der Waals surface area contributed by atoms with Crippen LogP contribution in [0.25, 0.3) is 32.7 Å². The van der Waals surface area contributed by atoms with Crippen LogP contribution in [0.3, 0.4) is 0 Å². The fourth-order valence-electron chi connectivity index (χ4n) is 2.99. The summed E-state index contributed by atoms with van der Waals surface area (Å²) >= 11 is 2.49. The van der Waals surface area contributed by atoms with Crippen LogP contribution in [0.2, 0.25) is 0 Å². The molecular weight excluding hydrogens is 367 g/mol. The van der Waals surface area contributed by atoms with Crippen molar-refractivity contribution in [3.63, 3.8) is 0 Å². The highest BCUT2D eigenvalue weighted by Gasteiger charge is 2.13. The van der Waals surface area contributed by atoms with E-state index < -0.39 is 0 Å². The first-order valence-electron chi connectivity index (χ1n) is 7.00. The van der Waals surface area contributed by atoms with Gasteiger partial charge in [-0.3, -0.25) is 0 Å². The van der Waals surface area contributed by atoms with Crippen molar-refractivity contribution in [1.29, 1.82) is 0 Å². The van der Waals surface area contributed by atoms with E-state index in [2.05, 4.69) is 101 Å². The Morgan fingerprint density at radius 3 is 1.62 bits per heavy atom. The van der Waals surface area contributed by atoms with Crippen molar-refractivity contribution in [1.82, 2.24) is 0 Å². The highest BCUT2D eigenvalue weighted by atomic mass is 127. The molecule has 4 rings (SSSR count). The molecule has 0 fully saturated rings. The molecule has 0 aliphatic rings. The number of fused-ring (bicyclic) bond motifs is 3. The van der Waals surface area contributed by atoms with Crippen molar-refractivity contribution in [3.05, 3.63) is 82.4 Å². The van der Waals surface area contributed by atoms with Crippen LogP contribution in [-0.4, -0.2) is 0 Å². The number of benzene rings is 4. The van der Waals surface area contributed by atoms with Gasteiger partial charge >= 0.3 is 0 Å². The number of hydrogen-bond donors (Lipinski definition) is 0. The molecule has 0 unspecified atom stereocenters. The molecule has 4 aromatic carbocycles. The van der Waals surface area contributed by atoms with Crippen molar-refractivity contribution in [2.75, 3.05) is 0 Å². The van der Waals surface area contributed by atoms with Gasteiger partial charge in [-0.05, 0) is 49.7 Å². The molecule has 0 aliphatic heterocycles. The van der Waals surface area contributed by atoms with Crippen molar-refractivity contribution in [2.45, 2.75) is 0 Å². The zero-order valence-electron chi connectivity index (χ0n) is 11.4. The van der Waals surface area contributed by atoms with E-state index in [0.29, 0.717) is 0 Å². The molecular formula is C20H13I. The maximum Gasteiger partial charge on any atom is 0.0293 e. The van der Waals surface area contributed by atoms with E-state index in [9.17, 15) is 0 Å². The van der Waals surface area contributed by atoms with Crippen molar-refractivity contribution >= 4 is 44.1 Å². The molecule has 0 aliphatic carbocycles. The Bertz CT molecular complexity index is 940. The standard InChI is InChI=1S/C20H13I/c21-20-18-13-7-5-11-16(18)15-10-4-6-12-17(15)19(20)14-8-2-1-3-9-14/h1-13H. The molecule has 0 spiro atoms. The molecule has 0 heterocycles. The fraction of sp³-hybridized carbons (Fsp3) is 0. The van der Waals surface area contributed by atoms with Crippen molar-refractivity contribution in [2.24, 2.45) is 0 Å². The molecule has 100 valence electrons. The van der Waals surface area contributed by atoms with E-state index in [1.165, 1.54) is 36.2 Å². The quantitative estimate of drug-likeness (QED) is 0.270. The molecule has 0 saturated heterocycles. The second-order valence-electron chi connectivity index (χ2n) is 5.15. The van der Waals surface area contributed by atoms with Gasteiger partial charge in [0.2, 0.25) is 0 Å². The van der Waals surface area contributed by atoms with E-state index in [-0.39, 0.29) is 0 Å². The summed E-state index contributed by atoms with van der Waals surface area (Å²) < 4.78 is 1.33. The van der Waals surface area contributed by atoms with Gasteiger partial charge < -0.3 is 0 Å². The monoisotopic (exact) mass is 380 g/mol. The van der Waals surface area contributed by atoms with Gasteiger partial charge in [-0.25, -0.2) is 0 Å². The normalized spacial score (nSPS) is 11.1. The van der Waals surface area contributed by atoms with Crippen LogP contribution in [0, 0.1) is 3.57 Å². The molecule has 0 atom stereocenters. The van der Waals surface area contributed by atoms with Gasteiger partial charge in [0.25, 0.3) is 0 Å². The lowest BCUT2D eigenvalue weighted by atomic mass is 9.93. The van der Waals surface area contributed by atoms with Crippen LogP contribution in [0.1, 0.15) is 0 Å². The smallest absolute Gasteiger partial charge is 0.0293 e. The van der Waals surface area contributed by atoms with Crippen LogP contribution < -0.4 is 0 Å². The van der Waals surface area contributed by atoms with Crippen LogP contribution in [0.15, 0.2) is 78.9 Å². The summed E-state index contributed by atoms with van der Waals surface area (Å²) in [6, 6.07) is 28.0. The predicted molar refractivity (Wildman–Crippen MR) is 99.6 cm³/mol. The molecule has 0 amide bonds. The second-order valence-corrected chi connectivity index (χ2v) is 6.22. The Morgan fingerprint density at radius 2 is 0.952 bits per heavy atom. The summed E-state index contributed by atoms with van der Waals surface area (Å²) in [7, 11) is 0. The van der Waals surface area contributed by atoms with Crippen molar-refractivity contribution < 1.29 is 0 Å². The summed E-state index contributed by atoms with van der Waals surface area (Å²) in [5.74, 6) is 0. The summed E-state index contributed by atoms with van der Waals surface area (Å²) in [5.41, 5.74) is 2.62. The van der Waals surface area contributed by atoms with Gasteiger partial charge in [0, 0.05) is 9.13 Å². The maximum absolute atomic E-state index is 2.49. The lowest BCUT2D eigenvalue weighted by Crippen LogP contribution is -1.89. The lowest BCUT2D eigenvalue weighted by Gasteiger charge is -2.14. The van der Waals surface area contributed by atoms with E-state index in [1.807, 2.05) is 0 Å². The summed E-state index contributed by atoms with van der Waals surface area (Å²) in [6.45, 7) is 0. The Morgan fingerprint density at radius 1 is 0.476 bits per heavy atom. The molecule has 0 N–H and O–H groups in total. The van der Waals surface area contributed by atoms with E-state index in [4.69, 9.17) is 0 Å². The van der Waals surface area contributed by atoms with E-state index >= 15 is 0 Å². The van der Waals surface area contributed by atoms with Gasteiger partial charge in [-0.2, -0.15) is 0 Å². The van der Waals surface area contributed by atoms with E-state index in [1.54, 1.807) is 0 Å². The molecule has 0 nitrogen and oxygen atoms in total. The van der Waals surface area contributed by atoms with Crippen molar-refractivity contribution in [3.8, 4) is 11.1 Å². The van der Waals surface area contributed by atoms with Crippen LogP contribution in [0.4, 0.5) is 0 Å². The average Bonchev–Trinajstić information content (AvgIpc) is 2.56. The molecule has 0 bridgehead atoms. The molecule has 21 heavy (non-hydrogen) atoms. The average molecular weight is 380 g/mol. The molecule has 0 radical (unpaired) electrons. The van der Waals surface area contributed by atoms with Gasteiger partial charge in [-0.1, -0.05) is 78.9 Å². The topological polar surface area (TPSA) is 0 Å². The second kappa shape index (κ2) is 5.15. The minimum absolute atomic E-state index is 1.28. The van der Waals surface area contributed by atoms with Crippen LogP contribution in [0.5, 0.6) is 0 Å². The Labute approximate surface area is 137 Å². The number of rotatable bonds is 1. The predicted octanol–water partition coefficient (Wildman–Crippen LogP) is 6.26. The Hall–Kier alpha value is -1.87.